The molecule has 1 heterocycles. The Kier molecular flexibility index (Phi) is 5.79. The van der Waals surface area contributed by atoms with E-state index < -0.39 is 23.7 Å². The summed E-state index contributed by atoms with van der Waals surface area (Å²) in [4.78, 5) is 13.0. The summed E-state index contributed by atoms with van der Waals surface area (Å²) in [6.45, 7) is 3.94. The topological polar surface area (TPSA) is 71.6 Å². The third-order valence-electron chi connectivity index (χ3n) is 4.45. The molecular formula is C20H20FN3O3S. The van der Waals surface area contributed by atoms with Gasteiger partial charge in [0.05, 0.1) is 25.9 Å². The molecule has 2 atom stereocenters. The number of anilines is 1. The van der Waals surface area contributed by atoms with Crippen molar-refractivity contribution in [2.75, 3.05) is 19.5 Å². The van der Waals surface area contributed by atoms with E-state index in [-0.39, 0.29) is 5.69 Å². The molecule has 146 valence electrons. The Hall–Kier alpha value is -3.13. The van der Waals surface area contributed by atoms with Gasteiger partial charge in [0.1, 0.15) is 11.7 Å². The molecule has 0 aromatic heterocycles. The quantitative estimate of drug-likeness (QED) is 0.669. The Morgan fingerprint density at radius 2 is 1.93 bits per heavy atom. The van der Waals surface area contributed by atoms with Gasteiger partial charge in [-0.05, 0) is 30.4 Å². The summed E-state index contributed by atoms with van der Waals surface area (Å²) in [5.74, 6) is -0.752. The number of ether oxygens (including phenoxy) is 2. The van der Waals surface area contributed by atoms with Crippen LogP contribution < -0.4 is 25.4 Å². The molecule has 0 spiro atoms. The number of nitrogens with one attached hydrogen (secondary N) is 3. The minimum Gasteiger partial charge on any atom is -0.493 e. The second-order valence-electron chi connectivity index (χ2n) is 6.13. The molecule has 0 unspecified atom stereocenters. The largest absolute Gasteiger partial charge is 0.493 e. The van der Waals surface area contributed by atoms with E-state index in [4.69, 9.17) is 21.7 Å². The number of hydrogen-bond acceptors (Lipinski definition) is 4. The van der Waals surface area contributed by atoms with E-state index >= 15 is 0 Å². The lowest BCUT2D eigenvalue weighted by atomic mass is 9.87. The average molecular weight is 401 g/mol. The van der Waals surface area contributed by atoms with Crippen molar-refractivity contribution >= 4 is 28.9 Å². The molecule has 1 fully saturated rings. The molecule has 28 heavy (non-hydrogen) atoms. The first-order chi connectivity index (χ1) is 13.5. The van der Waals surface area contributed by atoms with Gasteiger partial charge in [0, 0.05) is 11.3 Å². The van der Waals surface area contributed by atoms with Gasteiger partial charge in [-0.1, -0.05) is 30.8 Å². The van der Waals surface area contributed by atoms with Crippen LogP contribution in [0.3, 0.4) is 0 Å². The van der Waals surface area contributed by atoms with Crippen molar-refractivity contribution in [2.45, 2.75) is 6.04 Å². The Labute approximate surface area is 167 Å². The highest BCUT2D eigenvalue weighted by Gasteiger charge is 2.38. The minimum atomic E-state index is -0.785. The first-order valence-corrected chi connectivity index (χ1v) is 8.89. The standard InChI is InChI=1S/C20H20FN3O3S/c1-11-16(19(25)23-14-9-5-4-8-13(14)21)17(24-20(28)22-11)12-7-6-10-15(26-2)18(12)27-3/h4-10,16-17H,1H2,2-3H3,(H,23,25)(H2,22,24,28)/t16-,17+/m1/s1. The molecule has 0 bridgehead atoms. The van der Waals surface area contributed by atoms with Gasteiger partial charge in [0.15, 0.2) is 16.6 Å². The molecule has 2 aromatic carbocycles. The predicted molar refractivity (Wildman–Crippen MR) is 109 cm³/mol. The predicted octanol–water partition coefficient (Wildman–Crippen LogP) is 3.13. The minimum absolute atomic E-state index is 0.0878. The van der Waals surface area contributed by atoms with Crippen molar-refractivity contribution < 1.29 is 18.7 Å². The van der Waals surface area contributed by atoms with Crippen LogP contribution >= 0.6 is 12.2 Å². The summed E-state index contributed by atoms with van der Waals surface area (Å²) >= 11 is 5.24. The Morgan fingerprint density at radius 3 is 2.61 bits per heavy atom. The molecule has 1 saturated heterocycles. The first kappa shape index (κ1) is 19.6. The van der Waals surface area contributed by atoms with Crippen molar-refractivity contribution in [3.63, 3.8) is 0 Å². The van der Waals surface area contributed by atoms with E-state index in [1.165, 1.54) is 26.4 Å². The second kappa shape index (κ2) is 8.26. The zero-order valence-electron chi connectivity index (χ0n) is 15.4. The fourth-order valence-electron chi connectivity index (χ4n) is 3.18. The van der Waals surface area contributed by atoms with Gasteiger partial charge in [-0.25, -0.2) is 4.39 Å². The molecular weight excluding hydrogens is 381 g/mol. The number of amides is 1. The number of rotatable bonds is 5. The van der Waals surface area contributed by atoms with Crippen LogP contribution in [-0.4, -0.2) is 25.2 Å². The molecule has 1 amide bonds. The van der Waals surface area contributed by atoms with Crippen LogP contribution in [0.5, 0.6) is 11.5 Å². The molecule has 1 aliphatic heterocycles. The first-order valence-electron chi connectivity index (χ1n) is 8.48. The highest BCUT2D eigenvalue weighted by atomic mass is 32.1. The van der Waals surface area contributed by atoms with Crippen LogP contribution in [0.15, 0.2) is 54.7 Å². The Morgan fingerprint density at radius 1 is 1.18 bits per heavy atom. The molecule has 1 aliphatic rings. The van der Waals surface area contributed by atoms with E-state index in [1.54, 1.807) is 24.3 Å². The van der Waals surface area contributed by atoms with Crippen LogP contribution in [-0.2, 0) is 4.79 Å². The number of thiocarbonyl (C=S) groups is 1. The number of halogens is 1. The number of para-hydroxylation sites is 2. The van der Waals surface area contributed by atoms with Gasteiger partial charge in [-0.3, -0.25) is 4.79 Å². The summed E-state index contributed by atoms with van der Waals surface area (Å²) in [6.07, 6.45) is 0. The van der Waals surface area contributed by atoms with Crippen molar-refractivity contribution in [2.24, 2.45) is 5.92 Å². The lowest BCUT2D eigenvalue weighted by Gasteiger charge is -2.36. The fraction of sp³-hybridized carbons (Fsp3) is 0.200. The molecule has 2 aromatic rings. The Balaban J connectivity index is 2.00. The summed E-state index contributed by atoms with van der Waals surface area (Å²) in [5.41, 5.74) is 1.15. The highest BCUT2D eigenvalue weighted by Crippen LogP contribution is 2.40. The van der Waals surface area contributed by atoms with E-state index in [2.05, 4.69) is 22.5 Å². The second-order valence-corrected chi connectivity index (χ2v) is 6.54. The average Bonchev–Trinajstić information content (AvgIpc) is 2.68. The van der Waals surface area contributed by atoms with Crippen LogP contribution in [0, 0.1) is 11.7 Å². The smallest absolute Gasteiger partial charge is 0.235 e. The van der Waals surface area contributed by atoms with E-state index in [0.29, 0.717) is 27.9 Å². The molecule has 0 radical (unpaired) electrons. The van der Waals surface area contributed by atoms with Crippen LogP contribution in [0.1, 0.15) is 11.6 Å². The van der Waals surface area contributed by atoms with Gasteiger partial charge in [0.25, 0.3) is 0 Å². The molecule has 3 rings (SSSR count). The monoisotopic (exact) mass is 401 g/mol. The number of carbonyl (C=O) groups is 1. The number of methoxy groups -OCH3 is 2. The maximum Gasteiger partial charge on any atom is 0.235 e. The molecule has 6 nitrogen and oxygen atoms in total. The SMILES string of the molecule is C=C1NC(=S)N[C@@H](c2cccc(OC)c2OC)[C@@H]1C(=O)Nc1ccccc1F. The summed E-state index contributed by atoms with van der Waals surface area (Å²) < 4.78 is 24.8. The number of hydrogen-bond donors (Lipinski definition) is 3. The number of carbonyl (C=O) groups excluding carboxylic acids is 1. The molecule has 8 heteroatoms. The van der Waals surface area contributed by atoms with Crippen molar-refractivity contribution in [3.05, 3.63) is 66.1 Å². The molecule has 3 N–H and O–H groups in total. The van der Waals surface area contributed by atoms with Crippen molar-refractivity contribution in [1.29, 1.82) is 0 Å². The van der Waals surface area contributed by atoms with Gasteiger partial charge in [-0.15, -0.1) is 0 Å². The van der Waals surface area contributed by atoms with Gasteiger partial charge in [0.2, 0.25) is 5.91 Å². The van der Waals surface area contributed by atoms with Crippen molar-refractivity contribution in [1.82, 2.24) is 10.6 Å². The van der Waals surface area contributed by atoms with E-state index in [0.717, 1.165) is 0 Å². The van der Waals surface area contributed by atoms with Crippen molar-refractivity contribution in [3.8, 4) is 11.5 Å². The summed E-state index contributed by atoms with van der Waals surface area (Å²) in [5, 5.41) is 8.91. The van der Waals surface area contributed by atoms with E-state index in [1.807, 2.05) is 6.07 Å². The van der Waals surface area contributed by atoms with Crippen LogP contribution in [0.2, 0.25) is 0 Å². The zero-order valence-corrected chi connectivity index (χ0v) is 16.2. The highest BCUT2D eigenvalue weighted by molar-refractivity contribution is 7.80. The zero-order chi connectivity index (χ0) is 20.3. The maximum atomic E-state index is 14.0. The summed E-state index contributed by atoms with van der Waals surface area (Å²) in [7, 11) is 3.05. The fourth-order valence-corrected chi connectivity index (χ4v) is 3.44. The van der Waals surface area contributed by atoms with Crippen LogP contribution in [0.25, 0.3) is 0 Å². The third kappa shape index (κ3) is 3.77. The lowest BCUT2D eigenvalue weighted by Crippen LogP contribution is -2.51. The third-order valence-corrected chi connectivity index (χ3v) is 4.67. The van der Waals surface area contributed by atoms with Gasteiger partial charge < -0.3 is 25.4 Å². The van der Waals surface area contributed by atoms with Crippen LogP contribution in [0.4, 0.5) is 10.1 Å². The number of benzene rings is 2. The normalized spacial score (nSPS) is 18.7. The molecule has 0 saturated carbocycles. The summed E-state index contributed by atoms with van der Waals surface area (Å²) in [6, 6.07) is 10.7. The Bertz CT molecular complexity index is 935. The maximum absolute atomic E-state index is 14.0. The lowest BCUT2D eigenvalue weighted by molar-refractivity contribution is -0.119. The van der Waals surface area contributed by atoms with E-state index in [9.17, 15) is 9.18 Å². The van der Waals surface area contributed by atoms with Gasteiger partial charge >= 0.3 is 0 Å². The molecule has 0 aliphatic carbocycles. The van der Waals surface area contributed by atoms with Gasteiger partial charge in [-0.2, -0.15) is 0 Å².